The van der Waals surface area contributed by atoms with Crippen LogP contribution in [-0.2, 0) is 48.1 Å². The Morgan fingerprint density at radius 1 is 0.615 bits per heavy atom. The van der Waals surface area contributed by atoms with Crippen LogP contribution in [0.15, 0.2) is 73.3 Å². The number of aryl methyl sites for hydroxylation is 2. The zero-order valence-electron chi connectivity index (χ0n) is 21.9. The average molecular weight is 521 g/mol. The van der Waals surface area contributed by atoms with Crippen molar-refractivity contribution in [1.29, 1.82) is 0 Å². The first-order chi connectivity index (χ1) is 19.1. The molecular weight excluding hydrogens is 488 g/mol. The first-order valence-corrected chi connectivity index (χ1v) is 13.5. The summed E-state index contributed by atoms with van der Waals surface area (Å²) in [6.45, 7) is 0. The molecule has 1 aliphatic rings. The third-order valence-electron chi connectivity index (χ3n) is 7.13. The fourth-order valence-electron chi connectivity index (χ4n) is 4.78. The summed E-state index contributed by atoms with van der Waals surface area (Å²) in [7, 11) is 0. The number of ketones is 2. The minimum absolute atomic E-state index is 0.181. The van der Waals surface area contributed by atoms with Crippen molar-refractivity contribution >= 4 is 11.6 Å². The van der Waals surface area contributed by atoms with Gasteiger partial charge in [0.05, 0.1) is 22.8 Å². The lowest BCUT2D eigenvalue weighted by atomic mass is 10.1. The van der Waals surface area contributed by atoms with Crippen LogP contribution in [0, 0.1) is 11.8 Å². The van der Waals surface area contributed by atoms with Crippen LogP contribution in [0.2, 0.25) is 0 Å². The summed E-state index contributed by atoms with van der Waals surface area (Å²) in [5.74, 6) is 1.52. The maximum atomic E-state index is 12.2. The summed E-state index contributed by atoms with van der Waals surface area (Å²) in [5.41, 5.74) is 5.55. The van der Waals surface area contributed by atoms with Crippen molar-refractivity contribution in [3.63, 3.8) is 0 Å². The van der Waals surface area contributed by atoms with Gasteiger partial charge in [0, 0.05) is 50.5 Å². The molecule has 0 spiro atoms. The lowest BCUT2D eigenvalue weighted by Gasteiger charge is -2.04. The van der Waals surface area contributed by atoms with E-state index in [1.54, 1.807) is 24.8 Å². The van der Waals surface area contributed by atoms with E-state index in [1.165, 1.54) is 0 Å². The fraction of sp³-hybridized carbons (Fsp3) is 0.355. The van der Waals surface area contributed by atoms with E-state index in [-0.39, 0.29) is 11.6 Å². The lowest BCUT2D eigenvalue weighted by Crippen LogP contribution is -2.07. The van der Waals surface area contributed by atoms with Crippen molar-refractivity contribution in [2.24, 2.45) is 11.8 Å². The van der Waals surface area contributed by atoms with Gasteiger partial charge < -0.3 is 0 Å². The molecule has 0 radical (unpaired) electrons. The van der Waals surface area contributed by atoms with Crippen LogP contribution in [-0.4, -0.2) is 41.9 Å². The summed E-state index contributed by atoms with van der Waals surface area (Å²) in [4.78, 5) is 32.6. The van der Waals surface area contributed by atoms with Crippen molar-refractivity contribution in [2.75, 3.05) is 0 Å². The van der Waals surface area contributed by atoms with E-state index in [1.807, 2.05) is 48.5 Å². The second kappa shape index (κ2) is 13.0. The van der Waals surface area contributed by atoms with Crippen LogP contribution in [0.1, 0.15) is 53.2 Å². The summed E-state index contributed by atoms with van der Waals surface area (Å²) in [6.07, 6.45) is 12.8. The number of hydrogen-bond donors (Lipinski definition) is 0. The molecule has 0 aliphatic heterocycles. The summed E-state index contributed by atoms with van der Waals surface area (Å²) < 4.78 is 0. The highest BCUT2D eigenvalue weighted by atomic mass is 16.1. The molecule has 4 heterocycles. The van der Waals surface area contributed by atoms with Crippen LogP contribution in [0.4, 0.5) is 0 Å². The molecule has 1 saturated carbocycles. The van der Waals surface area contributed by atoms with E-state index in [0.29, 0.717) is 50.4 Å². The highest BCUT2D eigenvalue weighted by Gasteiger charge is 2.37. The first kappa shape index (κ1) is 26.4. The van der Waals surface area contributed by atoms with Gasteiger partial charge in [-0.1, -0.05) is 12.1 Å². The molecule has 4 aromatic rings. The minimum atomic E-state index is 0.181. The Bertz CT molecular complexity index is 1260. The third kappa shape index (κ3) is 8.40. The smallest absolute Gasteiger partial charge is 0.137 e. The van der Waals surface area contributed by atoms with Gasteiger partial charge in [0.25, 0.3) is 0 Å². The first-order valence-electron chi connectivity index (χ1n) is 13.5. The number of carbonyl (C=O) groups is 2. The van der Waals surface area contributed by atoms with E-state index in [0.717, 1.165) is 53.2 Å². The average Bonchev–Trinajstić information content (AvgIpc) is 3.70. The van der Waals surface area contributed by atoms with Gasteiger partial charge in [-0.3, -0.25) is 19.6 Å². The van der Waals surface area contributed by atoms with Gasteiger partial charge in [0.1, 0.15) is 11.6 Å². The Balaban J connectivity index is 0.999. The van der Waals surface area contributed by atoms with Crippen LogP contribution in [0.25, 0.3) is 0 Å². The Kier molecular flexibility index (Phi) is 8.83. The summed E-state index contributed by atoms with van der Waals surface area (Å²) in [6, 6.07) is 15.6. The van der Waals surface area contributed by atoms with E-state index >= 15 is 0 Å². The highest BCUT2D eigenvalue weighted by molar-refractivity contribution is 5.81. The van der Waals surface area contributed by atoms with Gasteiger partial charge >= 0.3 is 0 Å². The van der Waals surface area contributed by atoms with E-state index in [9.17, 15) is 9.59 Å². The van der Waals surface area contributed by atoms with Crippen LogP contribution >= 0.6 is 0 Å². The number of aromatic nitrogens is 6. The van der Waals surface area contributed by atoms with Crippen LogP contribution in [0.5, 0.6) is 0 Å². The highest BCUT2D eigenvalue weighted by Crippen LogP contribution is 2.42. The van der Waals surface area contributed by atoms with E-state index in [2.05, 4.69) is 30.4 Å². The topological polar surface area (TPSA) is 111 Å². The second-order valence-corrected chi connectivity index (χ2v) is 10.3. The van der Waals surface area contributed by atoms with Crippen molar-refractivity contribution in [3.8, 4) is 0 Å². The van der Waals surface area contributed by atoms with E-state index < -0.39 is 0 Å². The molecule has 8 heteroatoms. The molecule has 2 unspecified atom stereocenters. The van der Waals surface area contributed by atoms with Gasteiger partial charge in [-0.05, 0) is 91.5 Å². The number of hydrogen-bond acceptors (Lipinski definition) is 8. The zero-order valence-corrected chi connectivity index (χ0v) is 21.9. The van der Waals surface area contributed by atoms with Gasteiger partial charge in [-0.2, -0.15) is 20.4 Å². The van der Waals surface area contributed by atoms with Gasteiger partial charge in [-0.15, -0.1) is 0 Å². The zero-order chi connectivity index (χ0) is 26.9. The quantitative estimate of drug-likeness (QED) is 0.246. The number of pyridine rings is 2. The Morgan fingerprint density at radius 3 is 1.44 bits per heavy atom. The second-order valence-electron chi connectivity index (χ2n) is 10.3. The largest absolute Gasteiger partial charge is 0.299 e. The molecule has 0 N–H and O–H groups in total. The number of Topliss-reactive ketones (excluding diaryl/α,β-unsaturated/α-hetero) is 2. The molecule has 39 heavy (non-hydrogen) atoms. The Labute approximate surface area is 228 Å². The maximum Gasteiger partial charge on any atom is 0.137 e. The van der Waals surface area contributed by atoms with Crippen molar-refractivity contribution in [1.82, 2.24) is 30.4 Å². The molecule has 0 bridgehead atoms. The van der Waals surface area contributed by atoms with E-state index in [4.69, 9.17) is 0 Å². The van der Waals surface area contributed by atoms with Crippen molar-refractivity contribution in [2.45, 2.75) is 57.8 Å². The van der Waals surface area contributed by atoms with Crippen molar-refractivity contribution < 1.29 is 9.59 Å². The molecule has 0 amide bonds. The Hall–Kier alpha value is -4.20. The summed E-state index contributed by atoms with van der Waals surface area (Å²) >= 11 is 0. The molecule has 0 saturated heterocycles. The van der Waals surface area contributed by atoms with Crippen molar-refractivity contribution in [3.05, 3.63) is 107 Å². The molecule has 8 nitrogen and oxygen atoms in total. The maximum absolute atomic E-state index is 12.2. The molecule has 4 aromatic heterocycles. The molecule has 198 valence electrons. The van der Waals surface area contributed by atoms with Gasteiger partial charge in [-0.25, -0.2) is 0 Å². The lowest BCUT2D eigenvalue weighted by molar-refractivity contribution is -0.119. The molecule has 5 rings (SSSR count). The number of carbonyl (C=O) groups excluding carboxylic acids is 2. The normalized spacial score (nSPS) is 16.1. The van der Waals surface area contributed by atoms with Crippen LogP contribution in [0.3, 0.4) is 0 Å². The number of nitrogens with zero attached hydrogens (tertiary/aromatic N) is 6. The summed E-state index contributed by atoms with van der Waals surface area (Å²) in [5, 5.41) is 17.5. The predicted octanol–water partition coefficient (Wildman–Crippen LogP) is 3.97. The van der Waals surface area contributed by atoms with Crippen LogP contribution < -0.4 is 0 Å². The third-order valence-corrected chi connectivity index (χ3v) is 7.13. The van der Waals surface area contributed by atoms with Gasteiger partial charge in [0.15, 0.2) is 0 Å². The molecule has 1 aliphatic carbocycles. The molecule has 2 atom stereocenters. The molecule has 1 fully saturated rings. The number of rotatable bonds is 14. The SMILES string of the molecule is O=C(CCc1ccc(CC2CC2Cc2ccc(CCC(=O)Cc3cccnc3)nn2)nn1)Cc1cccnc1. The Morgan fingerprint density at radius 2 is 1.05 bits per heavy atom. The molecular formula is C31H32N6O2. The minimum Gasteiger partial charge on any atom is -0.299 e. The van der Waals surface area contributed by atoms with Gasteiger partial charge in [0.2, 0.25) is 0 Å². The monoisotopic (exact) mass is 520 g/mol. The molecule has 0 aromatic carbocycles. The predicted molar refractivity (Wildman–Crippen MR) is 146 cm³/mol. The standard InChI is InChI=1S/C31H32N6O2/c38-30(15-22-3-1-13-32-20-22)11-9-26-5-7-28(36-34-26)18-24-17-25(24)19-29-8-6-27(35-37-29)10-12-31(39)16-23-4-2-14-33-21-23/h1-8,13-14,20-21,24-25H,9-12,15-19H2. The fourth-order valence-corrected chi connectivity index (χ4v) is 4.78.